The van der Waals surface area contributed by atoms with Gasteiger partial charge in [0.05, 0.1) is 12.0 Å². The fraction of sp³-hybridized carbons (Fsp3) is 0.417. The van der Waals surface area contributed by atoms with Crippen LogP contribution in [0.4, 0.5) is 0 Å². The molecule has 0 amide bonds. The monoisotopic (exact) mass is 226 g/mol. The van der Waals surface area contributed by atoms with Gasteiger partial charge < -0.3 is 4.74 Å². The molecule has 0 aliphatic rings. The molecule has 0 aliphatic heterocycles. The van der Waals surface area contributed by atoms with Gasteiger partial charge in [0.1, 0.15) is 0 Å². The highest BCUT2D eigenvalue weighted by Crippen LogP contribution is 2.19. The Kier molecular flexibility index (Phi) is 4.15. The Bertz CT molecular complexity index is 330. The van der Waals surface area contributed by atoms with E-state index in [-0.39, 0.29) is 18.0 Å². The SMILES string of the molecule is CC(C)OC(=O)C(C)c1ccc(Cl)cc1. The molecule has 0 fully saturated rings. The van der Waals surface area contributed by atoms with Crippen molar-refractivity contribution in [3.63, 3.8) is 0 Å². The van der Waals surface area contributed by atoms with Gasteiger partial charge in [-0.2, -0.15) is 0 Å². The van der Waals surface area contributed by atoms with Crippen LogP contribution < -0.4 is 0 Å². The van der Waals surface area contributed by atoms with Gasteiger partial charge in [-0.3, -0.25) is 4.79 Å². The third-order valence-electron chi connectivity index (χ3n) is 2.08. The van der Waals surface area contributed by atoms with Crippen molar-refractivity contribution in [3.05, 3.63) is 34.9 Å². The van der Waals surface area contributed by atoms with Crippen molar-refractivity contribution in [2.24, 2.45) is 0 Å². The average Bonchev–Trinajstić information content (AvgIpc) is 2.17. The lowest BCUT2D eigenvalue weighted by atomic mass is 10.0. The van der Waals surface area contributed by atoms with Crippen LogP contribution in [0.3, 0.4) is 0 Å². The highest BCUT2D eigenvalue weighted by Gasteiger charge is 2.17. The first-order chi connectivity index (χ1) is 7.00. The maximum Gasteiger partial charge on any atom is 0.313 e. The molecule has 15 heavy (non-hydrogen) atoms. The van der Waals surface area contributed by atoms with Gasteiger partial charge in [0, 0.05) is 5.02 Å². The number of hydrogen-bond acceptors (Lipinski definition) is 2. The van der Waals surface area contributed by atoms with E-state index in [4.69, 9.17) is 16.3 Å². The maximum atomic E-state index is 11.6. The van der Waals surface area contributed by atoms with Gasteiger partial charge >= 0.3 is 5.97 Å². The van der Waals surface area contributed by atoms with Crippen LogP contribution >= 0.6 is 11.6 Å². The number of hydrogen-bond donors (Lipinski definition) is 0. The number of halogens is 1. The Morgan fingerprint density at radius 1 is 1.20 bits per heavy atom. The summed E-state index contributed by atoms with van der Waals surface area (Å²) in [5.74, 6) is -0.447. The van der Waals surface area contributed by atoms with Gasteiger partial charge in [-0.05, 0) is 38.5 Å². The van der Waals surface area contributed by atoms with E-state index in [1.165, 1.54) is 0 Å². The fourth-order valence-electron chi connectivity index (χ4n) is 1.22. The second kappa shape index (κ2) is 5.17. The Morgan fingerprint density at radius 3 is 2.20 bits per heavy atom. The molecule has 0 saturated carbocycles. The molecule has 1 unspecified atom stereocenters. The van der Waals surface area contributed by atoms with E-state index in [0.717, 1.165) is 5.56 Å². The molecular formula is C12H15ClO2. The number of benzene rings is 1. The summed E-state index contributed by atoms with van der Waals surface area (Å²) < 4.78 is 5.12. The van der Waals surface area contributed by atoms with Crippen molar-refractivity contribution >= 4 is 17.6 Å². The number of ether oxygens (including phenoxy) is 1. The van der Waals surface area contributed by atoms with Crippen LogP contribution in [0, 0.1) is 0 Å². The third kappa shape index (κ3) is 3.56. The number of esters is 1. The van der Waals surface area contributed by atoms with E-state index in [1.807, 2.05) is 32.9 Å². The molecule has 3 heteroatoms. The van der Waals surface area contributed by atoms with Crippen LogP contribution in [0.25, 0.3) is 0 Å². The van der Waals surface area contributed by atoms with Crippen molar-refractivity contribution in [1.29, 1.82) is 0 Å². The highest BCUT2D eigenvalue weighted by atomic mass is 35.5. The van der Waals surface area contributed by atoms with E-state index >= 15 is 0 Å². The predicted molar refractivity (Wildman–Crippen MR) is 61.1 cm³/mol. The van der Waals surface area contributed by atoms with Crippen LogP contribution in [0.1, 0.15) is 32.3 Å². The minimum absolute atomic E-state index is 0.0766. The van der Waals surface area contributed by atoms with E-state index in [9.17, 15) is 4.79 Å². The quantitative estimate of drug-likeness (QED) is 0.739. The lowest BCUT2D eigenvalue weighted by Crippen LogP contribution is -2.17. The zero-order valence-corrected chi connectivity index (χ0v) is 9.91. The third-order valence-corrected chi connectivity index (χ3v) is 2.33. The molecule has 1 aromatic rings. The molecule has 0 saturated heterocycles. The summed E-state index contributed by atoms with van der Waals surface area (Å²) in [6, 6.07) is 7.23. The number of rotatable bonds is 3. The molecular weight excluding hydrogens is 212 g/mol. The molecule has 1 aromatic carbocycles. The summed E-state index contributed by atoms with van der Waals surface area (Å²) in [5, 5.41) is 0.670. The Balaban J connectivity index is 2.71. The molecule has 1 rings (SSSR count). The predicted octanol–water partition coefficient (Wildman–Crippen LogP) is 3.40. The van der Waals surface area contributed by atoms with Crippen LogP contribution in [0.15, 0.2) is 24.3 Å². The van der Waals surface area contributed by atoms with Crippen LogP contribution in [0.5, 0.6) is 0 Å². The second-order valence-electron chi connectivity index (χ2n) is 3.76. The summed E-state index contributed by atoms with van der Waals surface area (Å²) >= 11 is 5.76. The molecule has 0 bridgehead atoms. The molecule has 0 N–H and O–H groups in total. The molecule has 2 nitrogen and oxygen atoms in total. The zero-order chi connectivity index (χ0) is 11.4. The van der Waals surface area contributed by atoms with Crippen LogP contribution in [-0.2, 0) is 9.53 Å². The minimum atomic E-state index is -0.246. The fourth-order valence-corrected chi connectivity index (χ4v) is 1.35. The molecule has 0 aliphatic carbocycles. The summed E-state index contributed by atoms with van der Waals surface area (Å²) in [5.41, 5.74) is 0.921. The topological polar surface area (TPSA) is 26.3 Å². The van der Waals surface area contributed by atoms with Gasteiger partial charge in [0.25, 0.3) is 0 Å². The van der Waals surface area contributed by atoms with Crippen molar-refractivity contribution in [2.75, 3.05) is 0 Å². The lowest BCUT2D eigenvalue weighted by Gasteiger charge is -2.13. The molecule has 82 valence electrons. The summed E-state index contributed by atoms with van der Waals surface area (Å²) in [6.45, 7) is 5.51. The minimum Gasteiger partial charge on any atom is -0.463 e. The van der Waals surface area contributed by atoms with E-state index in [1.54, 1.807) is 12.1 Å². The molecule has 0 spiro atoms. The summed E-state index contributed by atoms with van der Waals surface area (Å²) in [4.78, 5) is 11.6. The normalized spacial score (nSPS) is 12.6. The van der Waals surface area contributed by atoms with E-state index in [0.29, 0.717) is 5.02 Å². The summed E-state index contributed by atoms with van der Waals surface area (Å²) in [7, 11) is 0. The van der Waals surface area contributed by atoms with E-state index < -0.39 is 0 Å². The van der Waals surface area contributed by atoms with Crippen molar-refractivity contribution in [2.45, 2.75) is 32.8 Å². The van der Waals surface area contributed by atoms with E-state index in [2.05, 4.69) is 0 Å². The van der Waals surface area contributed by atoms with Crippen LogP contribution in [0.2, 0.25) is 5.02 Å². The lowest BCUT2D eigenvalue weighted by molar-refractivity contribution is -0.148. The van der Waals surface area contributed by atoms with Crippen molar-refractivity contribution < 1.29 is 9.53 Å². The van der Waals surface area contributed by atoms with Crippen LogP contribution in [-0.4, -0.2) is 12.1 Å². The van der Waals surface area contributed by atoms with Gasteiger partial charge in [-0.1, -0.05) is 23.7 Å². The molecule has 0 aromatic heterocycles. The highest BCUT2D eigenvalue weighted by molar-refractivity contribution is 6.30. The zero-order valence-electron chi connectivity index (χ0n) is 9.16. The first kappa shape index (κ1) is 12.1. The Hall–Kier alpha value is -1.02. The van der Waals surface area contributed by atoms with Gasteiger partial charge in [0.2, 0.25) is 0 Å². The standard InChI is InChI=1S/C12H15ClO2/c1-8(2)15-12(14)9(3)10-4-6-11(13)7-5-10/h4-9H,1-3H3. The largest absolute Gasteiger partial charge is 0.463 e. The van der Waals surface area contributed by atoms with Crippen molar-refractivity contribution in [1.82, 2.24) is 0 Å². The van der Waals surface area contributed by atoms with Gasteiger partial charge in [0.15, 0.2) is 0 Å². The average molecular weight is 227 g/mol. The Labute approximate surface area is 95.2 Å². The molecule has 1 atom stereocenters. The first-order valence-electron chi connectivity index (χ1n) is 4.96. The molecule has 0 heterocycles. The van der Waals surface area contributed by atoms with Crippen molar-refractivity contribution in [3.8, 4) is 0 Å². The van der Waals surface area contributed by atoms with Gasteiger partial charge in [-0.25, -0.2) is 0 Å². The number of carbonyl (C=O) groups excluding carboxylic acids is 1. The van der Waals surface area contributed by atoms with Gasteiger partial charge in [-0.15, -0.1) is 0 Å². The summed E-state index contributed by atoms with van der Waals surface area (Å²) in [6.07, 6.45) is -0.0766. The Morgan fingerprint density at radius 2 is 1.73 bits per heavy atom. The smallest absolute Gasteiger partial charge is 0.313 e. The maximum absolute atomic E-state index is 11.6. The second-order valence-corrected chi connectivity index (χ2v) is 4.20. The molecule has 0 radical (unpaired) electrons. The first-order valence-corrected chi connectivity index (χ1v) is 5.34. The number of carbonyl (C=O) groups is 1.